The molecule has 2 N–H and O–H groups in total. The van der Waals surface area contributed by atoms with E-state index in [1.807, 2.05) is 12.1 Å². The van der Waals surface area contributed by atoms with Crippen LogP contribution in [0.3, 0.4) is 0 Å². The van der Waals surface area contributed by atoms with Crippen LogP contribution in [-0.2, 0) is 6.42 Å². The van der Waals surface area contributed by atoms with E-state index in [2.05, 4.69) is 19.9 Å². The molecule has 1 aliphatic carbocycles. The molecule has 118 valence electrons. The molecular formula is C18H29NO2. The fourth-order valence-electron chi connectivity index (χ4n) is 2.74. The van der Waals surface area contributed by atoms with Gasteiger partial charge in [0.15, 0.2) is 0 Å². The molecule has 0 heterocycles. The van der Waals surface area contributed by atoms with Gasteiger partial charge in [0, 0.05) is 12.1 Å². The Kier molecular flexibility index (Phi) is 6.37. The molecule has 1 aromatic carbocycles. The number of nitrogens with two attached hydrogens (primary N) is 1. The summed E-state index contributed by atoms with van der Waals surface area (Å²) in [6.07, 6.45) is 8.12. The Bertz CT molecular complexity index is 427. The summed E-state index contributed by atoms with van der Waals surface area (Å²) in [5, 5.41) is 0. The van der Waals surface area contributed by atoms with Crippen molar-refractivity contribution in [1.29, 1.82) is 0 Å². The molecule has 1 saturated carbocycles. The zero-order valence-electron chi connectivity index (χ0n) is 13.4. The molecule has 0 saturated heterocycles. The quantitative estimate of drug-likeness (QED) is 0.785. The van der Waals surface area contributed by atoms with Crippen LogP contribution in [-0.4, -0.2) is 18.8 Å². The van der Waals surface area contributed by atoms with Crippen LogP contribution in [0.15, 0.2) is 18.2 Å². The Labute approximate surface area is 128 Å². The molecule has 1 aliphatic rings. The van der Waals surface area contributed by atoms with E-state index >= 15 is 0 Å². The molecule has 0 spiro atoms. The monoisotopic (exact) mass is 291 g/mol. The van der Waals surface area contributed by atoms with Crippen LogP contribution in [0.1, 0.15) is 57.9 Å². The van der Waals surface area contributed by atoms with Crippen LogP contribution in [0.25, 0.3) is 0 Å². The number of benzene rings is 1. The maximum absolute atomic E-state index is 6.24. The second-order valence-electron chi connectivity index (χ2n) is 6.01. The van der Waals surface area contributed by atoms with Crippen molar-refractivity contribution in [2.75, 3.05) is 6.61 Å². The zero-order chi connectivity index (χ0) is 15.1. The van der Waals surface area contributed by atoms with Gasteiger partial charge in [-0.1, -0.05) is 19.9 Å². The average Bonchev–Trinajstić information content (AvgIpc) is 3.00. The number of hydrogen-bond acceptors (Lipinski definition) is 3. The third kappa shape index (κ3) is 4.92. The zero-order valence-corrected chi connectivity index (χ0v) is 13.4. The Balaban J connectivity index is 2.12. The molecule has 2 rings (SSSR count). The number of hydrogen-bond donors (Lipinski definition) is 1. The van der Waals surface area contributed by atoms with Crippen LogP contribution in [0.5, 0.6) is 11.5 Å². The van der Waals surface area contributed by atoms with Gasteiger partial charge >= 0.3 is 0 Å². The average molecular weight is 291 g/mol. The van der Waals surface area contributed by atoms with Crippen LogP contribution in [0, 0.1) is 0 Å². The standard InChI is InChI=1S/C18H29NO2/c1-3-11-20-17-10-9-14(12-15(19)4-2)18(13-17)21-16-7-5-6-8-16/h9-10,13,15-16H,3-8,11-12,19H2,1-2H3. The lowest BCUT2D eigenvalue weighted by Crippen LogP contribution is -2.22. The summed E-state index contributed by atoms with van der Waals surface area (Å²) in [5.41, 5.74) is 7.32. The molecule has 21 heavy (non-hydrogen) atoms. The summed E-state index contributed by atoms with van der Waals surface area (Å²) in [6.45, 7) is 4.99. The largest absolute Gasteiger partial charge is 0.493 e. The summed E-state index contributed by atoms with van der Waals surface area (Å²) in [6, 6.07) is 6.39. The SMILES string of the molecule is CCCOc1ccc(CC(N)CC)c(OC2CCCC2)c1. The molecule has 1 aromatic rings. The van der Waals surface area contributed by atoms with E-state index in [1.54, 1.807) is 0 Å². The summed E-state index contributed by atoms with van der Waals surface area (Å²) in [5.74, 6) is 1.87. The predicted octanol–water partition coefficient (Wildman–Crippen LogP) is 4.08. The highest BCUT2D eigenvalue weighted by atomic mass is 16.5. The molecule has 1 atom stereocenters. The number of rotatable bonds is 8. The highest BCUT2D eigenvalue weighted by Gasteiger charge is 2.19. The molecule has 1 unspecified atom stereocenters. The van der Waals surface area contributed by atoms with Crippen LogP contribution >= 0.6 is 0 Å². The first-order valence-corrected chi connectivity index (χ1v) is 8.40. The van der Waals surface area contributed by atoms with E-state index in [0.717, 1.165) is 37.4 Å². The van der Waals surface area contributed by atoms with Gasteiger partial charge in [-0.15, -0.1) is 0 Å². The van der Waals surface area contributed by atoms with Crippen molar-refractivity contribution in [3.8, 4) is 11.5 Å². The van der Waals surface area contributed by atoms with E-state index < -0.39 is 0 Å². The Hall–Kier alpha value is -1.22. The molecule has 0 aromatic heterocycles. The van der Waals surface area contributed by atoms with Gasteiger partial charge in [-0.2, -0.15) is 0 Å². The highest BCUT2D eigenvalue weighted by Crippen LogP contribution is 2.31. The molecule has 1 fully saturated rings. The van der Waals surface area contributed by atoms with Crippen molar-refractivity contribution in [3.63, 3.8) is 0 Å². The minimum Gasteiger partial charge on any atom is -0.493 e. The lowest BCUT2D eigenvalue weighted by Gasteiger charge is -2.19. The second-order valence-corrected chi connectivity index (χ2v) is 6.01. The fraction of sp³-hybridized carbons (Fsp3) is 0.667. The van der Waals surface area contributed by atoms with Crippen molar-refractivity contribution >= 4 is 0 Å². The van der Waals surface area contributed by atoms with Crippen LogP contribution < -0.4 is 15.2 Å². The minimum atomic E-state index is 0.193. The van der Waals surface area contributed by atoms with Crippen LogP contribution in [0.2, 0.25) is 0 Å². The molecule has 0 radical (unpaired) electrons. The van der Waals surface area contributed by atoms with Gasteiger partial charge in [0.1, 0.15) is 11.5 Å². The first-order chi connectivity index (χ1) is 10.2. The first-order valence-electron chi connectivity index (χ1n) is 8.40. The fourth-order valence-corrected chi connectivity index (χ4v) is 2.74. The number of ether oxygens (including phenoxy) is 2. The summed E-state index contributed by atoms with van der Waals surface area (Å²) < 4.78 is 12.0. The van der Waals surface area contributed by atoms with Crippen molar-refractivity contribution in [3.05, 3.63) is 23.8 Å². The van der Waals surface area contributed by atoms with Crippen molar-refractivity contribution in [2.45, 2.75) is 70.9 Å². The van der Waals surface area contributed by atoms with E-state index in [1.165, 1.54) is 31.2 Å². The smallest absolute Gasteiger partial charge is 0.126 e. The van der Waals surface area contributed by atoms with E-state index in [0.29, 0.717) is 6.10 Å². The highest BCUT2D eigenvalue weighted by molar-refractivity contribution is 5.41. The normalized spacial score (nSPS) is 16.9. The van der Waals surface area contributed by atoms with Crippen molar-refractivity contribution in [1.82, 2.24) is 0 Å². The molecule has 3 heteroatoms. The Morgan fingerprint density at radius 2 is 2.00 bits per heavy atom. The summed E-state index contributed by atoms with van der Waals surface area (Å²) in [7, 11) is 0. The maximum Gasteiger partial charge on any atom is 0.126 e. The molecule has 3 nitrogen and oxygen atoms in total. The van der Waals surface area contributed by atoms with Gasteiger partial charge in [-0.25, -0.2) is 0 Å². The first kappa shape index (κ1) is 16.2. The summed E-state index contributed by atoms with van der Waals surface area (Å²) in [4.78, 5) is 0. The van der Waals surface area contributed by atoms with Crippen molar-refractivity contribution in [2.24, 2.45) is 5.73 Å². The van der Waals surface area contributed by atoms with Gasteiger partial charge in [0.25, 0.3) is 0 Å². The Morgan fingerprint density at radius 1 is 1.24 bits per heavy atom. The molecule has 0 bridgehead atoms. The van der Waals surface area contributed by atoms with Gasteiger partial charge in [0.2, 0.25) is 0 Å². The van der Waals surface area contributed by atoms with E-state index in [9.17, 15) is 0 Å². The van der Waals surface area contributed by atoms with E-state index in [4.69, 9.17) is 15.2 Å². The van der Waals surface area contributed by atoms with Gasteiger partial charge in [-0.3, -0.25) is 0 Å². The lowest BCUT2D eigenvalue weighted by atomic mass is 10.0. The third-order valence-corrected chi connectivity index (χ3v) is 4.11. The summed E-state index contributed by atoms with van der Waals surface area (Å²) >= 11 is 0. The molecule has 0 amide bonds. The minimum absolute atomic E-state index is 0.193. The predicted molar refractivity (Wildman–Crippen MR) is 87.1 cm³/mol. The maximum atomic E-state index is 6.24. The lowest BCUT2D eigenvalue weighted by molar-refractivity contribution is 0.206. The molecular weight excluding hydrogens is 262 g/mol. The van der Waals surface area contributed by atoms with E-state index in [-0.39, 0.29) is 6.04 Å². The second kappa shape index (κ2) is 8.28. The van der Waals surface area contributed by atoms with Crippen molar-refractivity contribution < 1.29 is 9.47 Å². The van der Waals surface area contributed by atoms with Gasteiger partial charge in [0.05, 0.1) is 12.7 Å². The Morgan fingerprint density at radius 3 is 2.67 bits per heavy atom. The molecule has 0 aliphatic heterocycles. The van der Waals surface area contributed by atoms with Gasteiger partial charge < -0.3 is 15.2 Å². The topological polar surface area (TPSA) is 44.5 Å². The van der Waals surface area contributed by atoms with Gasteiger partial charge in [-0.05, 0) is 56.6 Å². The third-order valence-electron chi connectivity index (χ3n) is 4.11. The van der Waals surface area contributed by atoms with Crippen LogP contribution in [0.4, 0.5) is 0 Å².